The zero-order chi connectivity index (χ0) is 27.9. The summed E-state index contributed by atoms with van der Waals surface area (Å²) in [6.07, 6.45) is 3.27. The van der Waals surface area contributed by atoms with Gasteiger partial charge in [0.1, 0.15) is 23.1 Å². The van der Waals surface area contributed by atoms with Gasteiger partial charge in [0.2, 0.25) is 0 Å². The summed E-state index contributed by atoms with van der Waals surface area (Å²) in [7, 11) is 0. The minimum Gasteiger partial charge on any atom is -0.679 e. The van der Waals surface area contributed by atoms with E-state index >= 15 is 0 Å². The van der Waals surface area contributed by atoms with Crippen LogP contribution in [0.4, 0.5) is 11.5 Å². The number of benzene rings is 2. The minimum atomic E-state index is 0. The van der Waals surface area contributed by atoms with Crippen LogP contribution in [0.3, 0.4) is 0 Å². The Hall–Kier alpha value is -4.86. The van der Waals surface area contributed by atoms with Crippen LogP contribution in [0.25, 0.3) is 44.8 Å². The Morgan fingerprint density at radius 3 is 2.32 bits per heavy atom. The molecule has 9 heteroatoms. The van der Waals surface area contributed by atoms with Crippen LogP contribution in [0.2, 0.25) is 0 Å². The summed E-state index contributed by atoms with van der Waals surface area (Å²) < 4.78 is 2.01. The fraction of sp³-hybridized carbons (Fsp3) is 0.0938. The number of anilines is 1. The molecule has 0 radical (unpaired) electrons. The van der Waals surface area contributed by atoms with E-state index < -0.39 is 0 Å². The predicted octanol–water partition coefficient (Wildman–Crippen LogP) is 7.23. The standard InChI is InChI=1S/C30H21N8.C2H6.W/c31-17-22-10-11-23(19-35-22)34-18-20-8-12-24(13-9-20)38-29(25-7-4-16-33-28(25)32)37-27-15-14-26(36-30(27)38)21-5-2-1-3-6-21;1-2;/h1-16,19H,18H2,(H2,32,33);1-2H3;/q-1;;. The number of nitrogens with two attached hydrogens (primary N) is 1. The molecule has 0 amide bonds. The molecule has 0 unspecified atom stereocenters. The van der Waals surface area contributed by atoms with Gasteiger partial charge in [-0.1, -0.05) is 67.9 Å². The zero-order valence-corrected chi connectivity index (χ0v) is 25.6. The number of hydrogen-bond donors (Lipinski definition) is 1. The Kier molecular flexibility index (Phi) is 9.57. The Bertz CT molecular complexity index is 1770. The summed E-state index contributed by atoms with van der Waals surface area (Å²) in [5.74, 6) is 1.07. The van der Waals surface area contributed by atoms with Crippen LogP contribution in [0.5, 0.6) is 0 Å². The van der Waals surface area contributed by atoms with Crippen LogP contribution in [0.1, 0.15) is 25.1 Å². The second-order valence-corrected chi connectivity index (χ2v) is 8.61. The summed E-state index contributed by atoms with van der Waals surface area (Å²) in [5.41, 5.74) is 13.4. The predicted molar refractivity (Wildman–Crippen MR) is 159 cm³/mol. The Morgan fingerprint density at radius 1 is 0.854 bits per heavy atom. The molecule has 202 valence electrons. The number of imidazole rings is 1. The van der Waals surface area contributed by atoms with Crippen molar-refractivity contribution < 1.29 is 21.1 Å². The van der Waals surface area contributed by atoms with Crippen LogP contribution >= 0.6 is 0 Å². The van der Waals surface area contributed by atoms with E-state index in [2.05, 4.69) is 15.3 Å². The first kappa shape index (κ1) is 29.1. The van der Waals surface area contributed by atoms with Crippen LogP contribution in [0.15, 0.2) is 103 Å². The van der Waals surface area contributed by atoms with E-state index in [-0.39, 0.29) is 21.1 Å². The van der Waals surface area contributed by atoms with E-state index in [4.69, 9.17) is 21.0 Å². The van der Waals surface area contributed by atoms with Gasteiger partial charge in [0.25, 0.3) is 0 Å². The van der Waals surface area contributed by atoms with E-state index in [0.717, 1.165) is 44.9 Å². The van der Waals surface area contributed by atoms with E-state index in [1.165, 1.54) is 0 Å². The van der Waals surface area contributed by atoms with Gasteiger partial charge in [0.15, 0.2) is 11.5 Å². The first-order chi connectivity index (χ1) is 19.7. The molecule has 2 aromatic carbocycles. The molecule has 41 heavy (non-hydrogen) atoms. The van der Waals surface area contributed by atoms with Crippen molar-refractivity contribution in [3.05, 3.63) is 120 Å². The van der Waals surface area contributed by atoms with Crippen LogP contribution in [-0.4, -0.2) is 24.5 Å². The average molecular weight is 707 g/mol. The van der Waals surface area contributed by atoms with Gasteiger partial charge in [0.05, 0.1) is 11.3 Å². The van der Waals surface area contributed by atoms with Crippen molar-refractivity contribution >= 4 is 22.7 Å². The van der Waals surface area contributed by atoms with Crippen molar-refractivity contribution in [2.45, 2.75) is 20.4 Å². The summed E-state index contributed by atoms with van der Waals surface area (Å²) in [5, 5.41) is 13.5. The zero-order valence-electron chi connectivity index (χ0n) is 22.6. The fourth-order valence-corrected chi connectivity index (χ4v) is 4.24. The number of hydrogen-bond acceptors (Lipinski definition) is 6. The van der Waals surface area contributed by atoms with Gasteiger partial charge in [-0.25, -0.2) is 19.9 Å². The smallest absolute Gasteiger partial charge is 0.165 e. The van der Waals surface area contributed by atoms with Gasteiger partial charge >= 0.3 is 0 Å². The number of nitrogens with zero attached hydrogens (tertiary/aromatic N) is 7. The second-order valence-electron chi connectivity index (χ2n) is 8.61. The van der Waals surface area contributed by atoms with Gasteiger partial charge in [-0.3, -0.25) is 4.57 Å². The molecular weight excluding hydrogens is 680 g/mol. The maximum absolute atomic E-state index is 8.92. The normalized spacial score (nSPS) is 10.2. The molecule has 0 aliphatic rings. The molecule has 0 aliphatic carbocycles. The molecule has 0 bridgehead atoms. The molecule has 4 aromatic heterocycles. The third-order valence-electron chi connectivity index (χ3n) is 6.15. The van der Waals surface area contributed by atoms with E-state index in [1.54, 1.807) is 24.5 Å². The third kappa shape index (κ3) is 6.32. The first-order valence-electron chi connectivity index (χ1n) is 13.0. The Balaban J connectivity index is 0.00000126. The monoisotopic (exact) mass is 707 g/mol. The van der Waals surface area contributed by atoms with E-state index in [9.17, 15) is 0 Å². The van der Waals surface area contributed by atoms with E-state index in [0.29, 0.717) is 23.9 Å². The SMILES string of the molecule is CC.N#Cc1ccc([N-]Cc2ccc(-n3c(-c4cccnc4N)nc4ccc(-c5ccccc5)nc43)cc2)cn1.[W]. The summed E-state index contributed by atoms with van der Waals surface area (Å²) in [4.78, 5) is 18.2. The topological polar surface area (TPSA) is 120 Å². The van der Waals surface area contributed by atoms with Gasteiger partial charge in [-0.15, -0.1) is 12.2 Å². The first-order valence-corrected chi connectivity index (χ1v) is 13.0. The second kappa shape index (κ2) is 13.5. The van der Waals surface area contributed by atoms with Gasteiger partial charge in [-0.05, 0) is 42.5 Å². The number of nitrogen functional groups attached to an aromatic ring is 1. The van der Waals surface area contributed by atoms with Gasteiger partial charge in [0, 0.05) is 44.7 Å². The number of fused-ring (bicyclic) bond motifs is 1. The van der Waals surface area contributed by atoms with Gasteiger partial charge < -0.3 is 11.1 Å². The number of aromatic nitrogens is 5. The Morgan fingerprint density at radius 2 is 1.63 bits per heavy atom. The molecular formula is C32H27N8W-. The van der Waals surface area contributed by atoms with Crippen molar-refractivity contribution in [3.63, 3.8) is 0 Å². The van der Waals surface area contributed by atoms with Crippen molar-refractivity contribution in [2.24, 2.45) is 0 Å². The molecule has 0 spiro atoms. The summed E-state index contributed by atoms with van der Waals surface area (Å²) in [6.45, 7) is 4.48. The third-order valence-corrected chi connectivity index (χ3v) is 6.15. The Labute approximate surface area is 253 Å². The molecule has 4 heterocycles. The molecule has 0 aliphatic heterocycles. The van der Waals surface area contributed by atoms with Crippen LogP contribution in [-0.2, 0) is 27.6 Å². The molecule has 0 saturated carbocycles. The fourth-order valence-electron chi connectivity index (χ4n) is 4.24. The molecule has 0 saturated heterocycles. The quantitative estimate of drug-likeness (QED) is 0.195. The molecule has 8 nitrogen and oxygen atoms in total. The molecule has 2 N–H and O–H groups in total. The largest absolute Gasteiger partial charge is 0.679 e. The summed E-state index contributed by atoms with van der Waals surface area (Å²) >= 11 is 0. The minimum absolute atomic E-state index is 0. The van der Waals surface area contributed by atoms with Crippen LogP contribution < -0.4 is 5.73 Å². The average Bonchev–Trinajstić information content (AvgIpc) is 3.41. The maximum atomic E-state index is 8.92. The van der Waals surface area contributed by atoms with Crippen molar-refractivity contribution in [1.82, 2.24) is 24.5 Å². The molecule has 6 rings (SSSR count). The molecule has 0 fully saturated rings. The van der Waals surface area contributed by atoms with E-state index in [1.807, 2.05) is 103 Å². The van der Waals surface area contributed by atoms with Crippen molar-refractivity contribution in [1.29, 1.82) is 5.26 Å². The molecule has 6 aromatic rings. The number of nitriles is 1. The van der Waals surface area contributed by atoms with Crippen molar-refractivity contribution in [3.8, 4) is 34.4 Å². The summed E-state index contributed by atoms with van der Waals surface area (Å²) in [6, 6.07) is 31.4. The van der Waals surface area contributed by atoms with Crippen LogP contribution in [0, 0.1) is 11.3 Å². The number of pyridine rings is 3. The number of rotatable bonds is 6. The molecule has 0 atom stereocenters. The van der Waals surface area contributed by atoms with Gasteiger partial charge in [-0.2, -0.15) is 5.26 Å². The maximum Gasteiger partial charge on any atom is 0.165 e. The van der Waals surface area contributed by atoms with Crippen molar-refractivity contribution in [2.75, 3.05) is 5.73 Å².